The van der Waals surface area contributed by atoms with Gasteiger partial charge < -0.3 is 5.32 Å². The minimum absolute atomic E-state index is 0.0842. The molecular weight excluding hydrogens is 328 g/mol. The number of benzene rings is 1. The van der Waals surface area contributed by atoms with Crippen LogP contribution in [-0.2, 0) is 16.6 Å². The number of sulfonamides is 1. The number of halogens is 1. The van der Waals surface area contributed by atoms with Crippen LogP contribution in [0.15, 0.2) is 23.1 Å². The maximum atomic E-state index is 12.4. The second-order valence-corrected chi connectivity index (χ2v) is 8.67. The zero-order valence-corrected chi connectivity index (χ0v) is 14.7. The van der Waals surface area contributed by atoms with Crippen molar-refractivity contribution in [2.24, 2.45) is 0 Å². The summed E-state index contributed by atoms with van der Waals surface area (Å²) in [5.41, 5.74) is 0.910. The molecule has 1 aliphatic carbocycles. The molecule has 1 aromatic rings. The molecule has 0 heterocycles. The van der Waals surface area contributed by atoms with Crippen LogP contribution in [0.5, 0.6) is 0 Å². The Bertz CT molecular complexity index is 601. The van der Waals surface area contributed by atoms with E-state index < -0.39 is 10.0 Å². The third-order valence-corrected chi connectivity index (χ3v) is 6.99. The van der Waals surface area contributed by atoms with E-state index in [0.717, 1.165) is 24.9 Å². The molecule has 1 fully saturated rings. The van der Waals surface area contributed by atoms with Crippen molar-refractivity contribution in [3.05, 3.63) is 28.8 Å². The van der Waals surface area contributed by atoms with E-state index in [9.17, 15) is 8.42 Å². The SMILES string of the molecule is CCNCc1ccc(Cl)c(S(=O)(=O)NCC2(SC)CC2)c1. The molecule has 2 N–H and O–H groups in total. The molecule has 1 aliphatic rings. The van der Waals surface area contributed by atoms with E-state index >= 15 is 0 Å². The second-order valence-electron chi connectivity index (χ2n) is 5.26. The highest BCUT2D eigenvalue weighted by Crippen LogP contribution is 2.46. The summed E-state index contributed by atoms with van der Waals surface area (Å²) in [6.45, 7) is 3.93. The normalized spacial score (nSPS) is 16.9. The van der Waals surface area contributed by atoms with Gasteiger partial charge in [0.05, 0.1) is 5.02 Å². The third kappa shape index (κ3) is 4.36. The molecule has 1 aromatic carbocycles. The van der Waals surface area contributed by atoms with Crippen LogP contribution in [-0.4, -0.2) is 32.5 Å². The lowest BCUT2D eigenvalue weighted by Crippen LogP contribution is -2.32. The van der Waals surface area contributed by atoms with Gasteiger partial charge in [0.2, 0.25) is 10.0 Å². The number of hydrogen-bond donors (Lipinski definition) is 2. The van der Waals surface area contributed by atoms with Gasteiger partial charge in [-0.05, 0) is 43.3 Å². The van der Waals surface area contributed by atoms with Gasteiger partial charge in [0.15, 0.2) is 0 Å². The molecule has 2 rings (SSSR count). The molecule has 0 amide bonds. The average Bonchev–Trinajstić information content (AvgIpc) is 3.25. The van der Waals surface area contributed by atoms with E-state index in [1.54, 1.807) is 23.9 Å². The number of nitrogens with one attached hydrogen (secondary N) is 2. The summed E-state index contributed by atoms with van der Waals surface area (Å²) in [5.74, 6) is 0. The van der Waals surface area contributed by atoms with Gasteiger partial charge in [-0.3, -0.25) is 0 Å². The van der Waals surface area contributed by atoms with Crippen molar-refractivity contribution in [1.82, 2.24) is 10.0 Å². The van der Waals surface area contributed by atoms with Crippen molar-refractivity contribution < 1.29 is 8.42 Å². The lowest BCUT2D eigenvalue weighted by Gasteiger charge is -2.15. The minimum Gasteiger partial charge on any atom is -0.313 e. The summed E-state index contributed by atoms with van der Waals surface area (Å²) in [6, 6.07) is 5.13. The van der Waals surface area contributed by atoms with Gasteiger partial charge in [-0.25, -0.2) is 13.1 Å². The van der Waals surface area contributed by atoms with Crippen LogP contribution in [0.2, 0.25) is 5.02 Å². The molecule has 0 saturated heterocycles. The Kier molecular flexibility index (Phi) is 5.59. The molecule has 0 atom stereocenters. The smallest absolute Gasteiger partial charge is 0.242 e. The first-order valence-electron chi connectivity index (χ1n) is 6.96. The predicted octanol–water partition coefficient (Wildman–Crippen LogP) is 2.62. The van der Waals surface area contributed by atoms with Gasteiger partial charge in [-0.15, -0.1) is 0 Å². The Morgan fingerprint density at radius 2 is 2.10 bits per heavy atom. The standard InChI is InChI=1S/C14H21ClN2O2S2/c1-3-16-9-11-4-5-12(15)13(8-11)21(18,19)17-10-14(20-2)6-7-14/h4-5,8,16-17H,3,6-7,9-10H2,1-2H3. The van der Waals surface area contributed by atoms with Crippen molar-refractivity contribution in [3.63, 3.8) is 0 Å². The number of thioether (sulfide) groups is 1. The van der Waals surface area contributed by atoms with E-state index in [4.69, 9.17) is 11.6 Å². The zero-order valence-electron chi connectivity index (χ0n) is 12.3. The molecule has 7 heteroatoms. The Labute approximate surface area is 136 Å². The summed E-state index contributed by atoms with van der Waals surface area (Å²) in [5, 5.41) is 3.44. The summed E-state index contributed by atoms with van der Waals surface area (Å²) < 4.78 is 27.7. The van der Waals surface area contributed by atoms with Gasteiger partial charge in [0, 0.05) is 17.8 Å². The fourth-order valence-electron chi connectivity index (χ4n) is 2.03. The lowest BCUT2D eigenvalue weighted by atomic mass is 10.2. The minimum atomic E-state index is -3.56. The van der Waals surface area contributed by atoms with Gasteiger partial charge in [0.25, 0.3) is 0 Å². The Morgan fingerprint density at radius 3 is 2.67 bits per heavy atom. The van der Waals surface area contributed by atoms with Crippen LogP contribution in [0.3, 0.4) is 0 Å². The molecule has 21 heavy (non-hydrogen) atoms. The molecule has 0 aliphatic heterocycles. The van der Waals surface area contributed by atoms with E-state index in [1.165, 1.54) is 0 Å². The average molecular weight is 349 g/mol. The van der Waals surface area contributed by atoms with Crippen LogP contribution in [0.1, 0.15) is 25.3 Å². The Balaban J connectivity index is 2.14. The lowest BCUT2D eigenvalue weighted by molar-refractivity contribution is 0.579. The molecule has 118 valence electrons. The molecule has 0 aromatic heterocycles. The van der Waals surface area contributed by atoms with Gasteiger partial charge in [-0.2, -0.15) is 11.8 Å². The van der Waals surface area contributed by atoms with E-state index in [2.05, 4.69) is 10.0 Å². The first kappa shape index (κ1) is 17.1. The van der Waals surface area contributed by atoms with Crippen molar-refractivity contribution >= 4 is 33.4 Å². The van der Waals surface area contributed by atoms with Crippen LogP contribution in [0.25, 0.3) is 0 Å². The largest absolute Gasteiger partial charge is 0.313 e. The molecule has 1 saturated carbocycles. The molecule has 0 radical (unpaired) electrons. The van der Waals surface area contributed by atoms with Crippen LogP contribution in [0.4, 0.5) is 0 Å². The highest BCUT2D eigenvalue weighted by molar-refractivity contribution is 8.00. The van der Waals surface area contributed by atoms with Crippen molar-refractivity contribution in [2.45, 2.75) is 36.0 Å². The fraction of sp³-hybridized carbons (Fsp3) is 0.571. The molecule has 0 bridgehead atoms. The molecule has 0 spiro atoms. The zero-order chi connectivity index (χ0) is 15.5. The summed E-state index contributed by atoms with van der Waals surface area (Å²) in [7, 11) is -3.56. The first-order chi connectivity index (χ1) is 9.92. The van der Waals surface area contributed by atoms with Crippen molar-refractivity contribution in [2.75, 3.05) is 19.3 Å². The van der Waals surface area contributed by atoms with Gasteiger partial charge >= 0.3 is 0 Å². The maximum Gasteiger partial charge on any atom is 0.242 e. The topological polar surface area (TPSA) is 58.2 Å². The van der Waals surface area contributed by atoms with E-state index in [1.807, 2.05) is 19.2 Å². The first-order valence-corrected chi connectivity index (χ1v) is 10.0. The predicted molar refractivity (Wildman–Crippen MR) is 89.5 cm³/mol. The second kappa shape index (κ2) is 6.87. The van der Waals surface area contributed by atoms with E-state index in [-0.39, 0.29) is 14.7 Å². The summed E-state index contributed by atoms with van der Waals surface area (Å²) >= 11 is 7.79. The van der Waals surface area contributed by atoms with Crippen LogP contribution in [0, 0.1) is 0 Å². The Morgan fingerprint density at radius 1 is 1.38 bits per heavy atom. The highest BCUT2D eigenvalue weighted by atomic mass is 35.5. The van der Waals surface area contributed by atoms with Gasteiger partial charge in [-0.1, -0.05) is 24.6 Å². The van der Waals surface area contributed by atoms with Crippen molar-refractivity contribution in [1.29, 1.82) is 0 Å². The monoisotopic (exact) mass is 348 g/mol. The highest BCUT2D eigenvalue weighted by Gasteiger charge is 2.42. The summed E-state index contributed by atoms with van der Waals surface area (Å²) in [6.07, 6.45) is 4.14. The quantitative estimate of drug-likeness (QED) is 0.758. The third-order valence-electron chi connectivity index (χ3n) is 3.69. The van der Waals surface area contributed by atoms with Crippen molar-refractivity contribution in [3.8, 4) is 0 Å². The van der Waals surface area contributed by atoms with Gasteiger partial charge in [0.1, 0.15) is 4.90 Å². The van der Waals surface area contributed by atoms with E-state index in [0.29, 0.717) is 13.1 Å². The molecular formula is C14H21ClN2O2S2. The maximum absolute atomic E-state index is 12.4. The number of rotatable bonds is 8. The Hall–Kier alpha value is -0.270. The summed E-state index contributed by atoms with van der Waals surface area (Å²) in [4.78, 5) is 0.163. The number of hydrogen-bond acceptors (Lipinski definition) is 4. The molecule has 4 nitrogen and oxygen atoms in total. The fourth-order valence-corrected chi connectivity index (χ4v) is 4.52. The van der Waals surface area contributed by atoms with Crippen LogP contribution < -0.4 is 10.0 Å². The molecule has 0 unspecified atom stereocenters. The van der Waals surface area contributed by atoms with Crippen LogP contribution >= 0.6 is 23.4 Å².